The highest BCUT2D eigenvalue weighted by Crippen LogP contribution is 2.25. The van der Waals surface area contributed by atoms with Crippen LogP contribution in [0.1, 0.15) is 16.7 Å². The van der Waals surface area contributed by atoms with Crippen molar-refractivity contribution in [1.29, 1.82) is 0 Å². The fourth-order valence-electron chi connectivity index (χ4n) is 3.10. The summed E-state index contributed by atoms with van der Waals surface area (Å²) >= 11 is 3.54. The lowest BCUT2D eigenvalue weighted by molar-refractivity contribution is 0.307. The van der Waals surface area contributed by atoms with E-state index in [0.717, 1.165) is 21.5 Å². The molecule has 0 spiro atoms. The minimum atomic E-state index is 0.508. The number of hydrogen-bond acceptors (Lipinski definition) is 2. The number of aryl methyl sites for hydroxylation is 1. The summed E-state index contributed by atoms with van der Waals surface area (Å²) < 4.78 is 7.18. The summed E-state index contributed by atoms with van der Waals surface area (Å²) in [7, 11) is 0. The minimum absolute atomic E-state index is 0.508. The van der Waals surface area contributed by atoms with Crippen LogP contribution in [0.2, 0.25) is 0 Å². The van der Waals surface area contributed by atoms with Gasteiger partial charge in [-0.25, -0.2) is 0 Å². The van der Waals surface area contributed by atoms with Crippen molar-refractivity contribution in [2.24, 2.45) is 4.99 Å². The predicted octanol–water partition coefficient (Wildman–Crippen LogP) is 7.24. The van der Waals surface area contributed by atoms with E-state index in [-0.39, 0.29) is 0 Å². The van der Waals surface area contributed by atoms with Crippen LogP contribution in [0.4, 0.5) is 5.69 Å². The number of ether oxygens (including phenoxy) is 1. The summed E-state index contributed by atoms with van der Waals surface area (Å²) in [5.74, 6) is 0.812. The van der Waals surface area contributed by atoms with E-state index in [0.29, 0.717) is 6.61 Å². The van der Waals surface area contributed by atoms with E-state index >= 15 is 0 Å². The first-order chi connectivity index (χ1) is 13.7. The van der Waals surface area contributed by atoms with Crippen molar-refractivity contribution < 1.29 is 4.74 Å². The number of rotatable bonds is 5. The third-order valence-electron chi connectivity index (χ3n) is 4.62. The molecule has 0 saturated heterocycles. The monoisotopic (exact) mass is 429 g/mol. The molecule has 2 nitrogen and oxygen atoms in total. The van der Waals surface area contributed by atoms with Gasteiger partial charge in [-0.05, 0) is 53.6 Å². The molecule has 0 N–H and O–H groups in total. The van der Waals surface area contributed by atoms with Crippen molar-refractivity contribution >= 4 is 38.6 Å². The topological polar surface area (TPSA) is 21.6 Å². The molecule has 0 fully saturated rings. The Morgan fingerprint density at radius 3 is 2.54 bits per heavy atom. The molecule has 0 unspecified atom stereocenters. The molecule has 4 aromatic rings. The Hall–Kier alpha value is -2.91. The molecule has 0 aromatic heterocycles. The van der Waals surface area contributed by atoms with E-state index in [1.807, 2.05) is 36.5 Å². The van der Waals surface area contributed by atoms with Gasteiger partial charge in [-0.3, -0.25) is 4.99 Å². The van der Waals surface area contributed by atoms with Gasteiger partial charge in [0.05, 0.1) is 5.69 Å². The molecule has 3 heteroatoms. The SMILES string of the molecule is Cc1ccc(N=Cc2cc(Br)ccc2OCc2cccc3ccccc23)cc1. The van der Waals surface area contributed by atoms with Crippen LogP contribution in [0, 0.1) is 6.92 Å². The highest BCUT2D eigenvalue weighted by atomic mass is 79.9. The average Bonchev–Trinajstić information content (AvgIpc) is 2.72. The Morgan fingerprint density at radius 1 is 0.893 bits per heavy atom. The van der Waals surface area contributed by atoms with E-state index in [1.54, 1.807) is 0 Å². The van der Waals surface area contributed by atoms with Crippen LogP contribution in [0.15, 0.2) is 94.4 Å². The maximum absolute atomic E-state index is 6.18. The van der Waals surface area contributed by atoms with Gasteiger partial charge in [0.1, 0.15) is 12.4 Å². The van der Waals surface area contributed by atoms with Gasteiger partial charge in [-0.2, -0.15) is 0 Å². The standard InChI is InChI=1S/C25H20BrNO/c1-18-9-12-23(13-10-18)27-16-21-15-22(26)11-14-25(21)28-17-20-7-4-6-19-5-2-3-8-24(19)20/h2-16H,17H2,1H3. The van der Waals surface area contributed by atoms with Crippen molar-refractivity contribution in [2.45, 2.75) is 13.5 Å². The molecular formula is C25H20BrNO. The van der Waals surface area contributed by atoms with Crippen molar-refractivity contribution in [1.82, 2.24) is 0 Å². The maximum atomic E-state index is 6.18. The third-order valence-corrected chi connectivity index (χ3v) is 5.11. The van der Waals surface area contributed by atoms with Crippen molar-refractivity contribution in [2.75, 3.05) is 0 Å². The molecule has 0 heterocycles. The number of benzene rings is 4. The second kappa shape index (κ2) is 8.41. The highest BCUT2D eigenvalue weighted by molar-refractivity contribution is 9.10. The van der Waals surface area contributed by atoms with E-state index in [1.165, 1.54) is 21.9 Å². The Kier molecular flexibility index (Phi) is 5.54. The Labute approximate surface area is 173 Å². The highest BCUT2D eigenvalue weighted by Gasteiger charge is 2.06. The lowest BCUT2D eigenvalue weighted by atomic mass is 10.1. The summed E-state index contributed by atoms with van der Waals surface area (Å²) in [6.07, 6.45) is 1.86. The normalized spacial score (nSPS) is 11.2. The lowest BCUT2D eigenvalue weighted by Gasteiger charge is -2.11. The molecule has 4 rings (SSSR count). The average molecular weight is 430 g/mol. The van der Waals surface area contributed by atoms with E-state index < -0.39 is 0 Å². The van der Waals surface area contributed by atoms with E-state index in [2.05, 4.69) is 82.4 Å². The molecule has 0 atom stereocenters. The number of halogens is 1. The van der Waals surface area contributed by atoms with Gasteiger partial charge in [-0.15, -0.1) is 0 Å². The Morgan fingerprint density at radius 2 is 1.68 bits per heavy atom. The maximum Gasteiger partial charge on any atom is 0.128 e. The van der Waals surface area contributed by atoms with Crippen LogP contribution in [-0.2, 0) is 6.61 Å². The molecule has 0 saturated carbocycles. The molecule has 0 radical (unpaired) electrons. The van der Waals surface area contributed by atoms with Crippen molar-refractivity contribution in [3.8, 4) is 5.75 Å². The first kappa shape index (κ1) is 18.5. The predicted molar refractivity (Wildman–Crippen MR) is 121 cm³/mol. The van der Waals surface area contributed by atoms with Gasteiger partial charge < -0.3 is 4.74 Å². The second-order valence-electron chi connectivity index (χ2n) is 6.70. The van der Waals surface area contributed by atoms with Gasteiger partial charge in [0.25, 0.3) is 0 Å². The smallest absolute Gasteiger partial charge is 0.128 e. The summed E-state index contributed by atoms with van der Waals surface area (Å²) in [5.41, 5.74) is 4.25. The van der Waals surface area contributed by atoms with Gasteiger partial charge >= 0.3 is 0 Å². The summed E-state index contributed by atoms with van der Waals surface area (Å²) in [6.45, 7) is 2.58. The number of fused-ring (bicyclic) bond motifs is 1. The van der Waals surface area contributed by atoms with Crippen LogP contribution < -0.4 is 4.74 Å². The fraction of sp³-hybridized carbons (Fsp3) is 0.0800. The molecule has 138 valence electrons. The molecule has 0 amide bonds. The molecule has 0 aliphatic rings. The van der Waals surface area contributed by atoms with Gasteiger partial charge in [0.15, 0.2) is 0 Å². The van der Waals surface area contributed by atoms with Crippen LogP contribution in [0.3, 0.4) is 0 Å². The quantitative estimate of drug-likeness (QED) is 0.306. The van der Waals surface area contributed by atoms with E-state index in [4.69, 9.17) is 4.74 Å². The van der Waals surface area contributed by atoms with Crippen molar-refractivity contribution in [3.05, 3.63) is 106 Å². The zero-order valence-corrected chi connectivity index (χ0v) is 17.2. The minimum Gasteiger partial charge on any atom is -0.488 e. The van der Waals surface area contributed by atoms with Gasteiger partial charge in [0.2, 0.25) is 0 Å². The van der Waals surface area contributed by atoms with Crippen LogP contribution >= 0.6 is 15.9 Å². The molecule has 0 aliphatic heterocycles. The molecule has 0 aliphatic carbocycles. The summed E-state index contributed by atoms with van der Waals surface area (Å²) in [5, 5.41) is 2.44. The van der Waals surface area contributed by atoms with E-state index in [9.17, 15) is 0 Å². The number of hydrogen-bond donors (Lipinski definition) is 0. The number of nitrogens with zero attached hydrogens (tertiary/aromatic N) is 1. The lowest BCUT2D eigenvalue weighted by Crippen LogP contribution is -1.99. The molecule has 0 bridgehead atoms. The Balaban J connectivity index is 1.58. The Bertz CT molecular complexity index is 1130. The first-order valence-corrected chi connectivity index (χ1v) is 9.98. The molecule has 4 aromatic carbocycles. The van der Waals surface area contributed by atoms with Crippen LogP contribution in [0.25, 0.3) is 10.8 Å². The van der Waals surface area contributed by atoms with Crippen LogP contribution in [-0.4, -0.2) is 6.21 Å². The van der Waals surface area contributed by atoms with Crippen LogP contribution in [0.5, 0.6) is 5.75 Å². The first-order valence-electron chi connectivity index (χ1n) is 9.19. The third kappa shape index (κ3) is 4.32. The zero-order chi connectivity index (χ0) is 19.3. The molecule has 28 heavy (non-hydrogen) atoms. The van der Waals surface area contributed by atoms with Gasteiger partial charge in [-0.1, -0.05) is 76.1 Å². The largest absolute Gasteiger partial charge is 0.488 e. The fourth-order valence-corrected chi connectivity index (χ4v) is 3.48. The summed E-state index contributed by atoms with van der Waals surface area (Å²) in [4.78, 5) is 4.60. The second-order valence-corrected chi connectivity index (χ2v) is 7.62. The summed E-state index contributed by atoms with van der Waals surface area (Å²) in [6, 6.07) is 28.8. The van der Waals surface area contributed by atoms with Crippen molar-refractivity contribution in [3.63, 3.8) is 0 Å². The molecular weight excluding hydrogens is 410 g/mol. The van der Waals surface area contributed by atoms with Gasteiger partial charge in [0, 0.05) is 16.3 Å². The number of aliphatic imine (C=N–C) groups is 1. The zero-order valence-electron chi connectivity index (χ0n) is 15.6.